The second-order valence-electron chi connectivity index (χ2n) is 4.76. The smallest absolute Gasteiger partial charge is 0.360 e. The third-order valence-electron chi connectivity index (χ3n) is 2.96. The van der Waals surface area contributed by atoms with Gasteiger partial charge in [0, 0.05) is 6.07 Å². The van der Waals surface area contributed by atoms with E-state index < -0.39 is 23.8 Å². The van der Waals surface area contributed by atoms with E-state index in [0.717, 1.165) is 12.1 Å². The highest BCUT2D eigenvalue weighted by Gasteiger charge is 2.30. The summed E-state index contributed by atoms with van der Waals surface area (Å²) in [6.07, 6.45) is -4.38. The van der Waals surface area contributed by atoms with Gasteiger partial charge in [-0.1, -0.05) is 17.3 Å². The third-order valence-corrected chi connectivity index (χ3v) is 2.96. The van der Waals surface area contributed by atoms with Crippen molar-refractivity contribution in [1.29, 1.82) is 0 Å². The molecule has 0 aliphatic rings. The lowest BCUT2D eigenvalue weighted by atomic mass is 10.1. The maximum atomic E-state index is 12.5. The zero-order valence-corrected chi connectivity index (χ0v) is 11.9. The van der Waals surface area contributed by atoms with Crippen LogP contribution in [0.25, 0.3) is 0 Å². The first-order chi connectivity index (χ1) is 10.3. The van der Waals surface area contributed by atoms with E-state index in [2.05, 4.69) is 15.8 Å². The fourth-order valence-corrected chi connectivity index (χ4v) is 1.82. The highest BCUT2D eigenvalue weighted by Crippen LogP contribution is 2.29. The van der Waals surface area contributed by atoms with E-state index in [9.17, 15) is 18.0 Å². The molecule has 0 aliphatic carbocycles. The summed E-state index contributed by atoms with van der Waals surface area (Å²) in [4.78, 5) is 11.7. The molecular formula is C14H14F3N3O2. The molecule has 2 aromatic rings. The molecule has 1 aromatic heterocycles. The second kappa shape index (κ2) is 6.08. The summed E-state index contributed by atoms with van der Waals surface area (Å²) in [6, 6.07) is 5.17. The number of aromatic nitrogens is 1. The summed E-state index contributed by atoms with van der Waals surface area (Å²) in [6.45, 7) is 3.34. The van der Waals surface area contributed by atoms with Crippen LogP contribution in [-0.4, -0.2) is 11.2 Å². The van der Waals surface area contributed by atoms with Crippen LogP contribution in [0.2, 0.25) is 0 Å². The van der Waals surface area contributed by atoms with E-state index in [-0.39, 0.29) is 5.82 Å². The van der Waals surface area contributed by atoms with E-state index in [1.165, 1.54) is 12.1 Å². The van der Waals surface area contributed by atoms with Crippen LogP contribution in [-0.2, 0) is 6.18 Å². The van der Waals surface area contributed by atoms with Crippen molar-refractivity contribution in [2.75, 3.05) is 5.32 Å². The fraction of sp³-hybridized carbons (Fsp3) is 0.286. The van der Waals surface area contributed by atoms with Crippen molar-refractivity contribution in [3.8, 4) is 0 Å². The fourth-order valence-electron chi connectivity index (χ4n) is 1.82. The second-order valence-corrected chi connectivity index (χ2v) is 4.76. The van der Waals surface area contributed by atoms with Gasteiger partial charge in [-0.05, 0) is 31.5 Å². The third kappa shape index (κ3) is 4.00. The van der Waals surface area contributed by atoms with Crippen molar-refractivity contribution in [2.24, 2.45) is 0 Å². The predicted molar refractivity (Wildman–Crippen MR) is 73.3 cm³/mol. The molecule has 1 heterocycles. The van der Waals surface area contributed by atoms with Gasteiger partial charge in [-0.25, -0.2) is 4.79 Å². The van der Waals surface area contributed by atoms with Crippen LogP contribution in [0.1, 0.15) is 29.9 Å². The Hall–Kier alpha value is -2.51. The summed E-state index contributed by atoms with van der Waals surface area (Å²) in [5.74, 6) is 0.806. The zero-order valence-electron chi connectivity index (χ0n) is 11.9. The molecule has 2 N–H and O–H groups in total. The van der Waals surface area contributed by atoms with Gasteiger partial charge in [0.15, 0.2) is 5.82 Å². The number of hydrogen-bond acceptors (Lipinski definition) is 3. The van der Waals surface area contributed by atoms with Crippen LogP contribution in [0.4, 0.5) is 23.8 Å². The van der Waals surface area contributed by atoms with Crippen LogP contribution in [0, 0.1) is 6.92 Å². The number of benzene rings is 1. The highest BCUT2D eigenvalue weighted by molar-refractivity contribution is 5.88. The van der Waals surface area contributed by atoms with Gasteiger partial charge >= 0.3 is 12.2 Å². The molecule has 22 heavy (non-hydrogen) atoms. The molecule has 8 heteroatoms. The average molecular weight is 313 g/mol. The zero-order chi connectivity index (χ0) is 16.3. The van der Waals surface area contributed by atoms with Gasteiger partial charge in [-0.3, -0.25) is 5.32 Å². The lowest BCUT2D eigenvalue weighted by Gasteiger charge is -2.15. The van der Waals surface area contributed by atoms with Crippen LogP contribution in [0.5, 0.6) is 0 Å². The predicted octanol–water partition coefficient (Wildman–Crippen LogP) is 3.88. The number of nitrogens with one attached hydrogen (secondary N) is 2. The molecule has 1 aromatic carbocycles. The Labute approximate surface area is 124 Å². The van der Waals surface area contributed by atoms with Crippen LogP contribution < -0.4 is 10.6 Å². The maximum Gasteiger partial charge on any atom is 0.416 e. The van der Waals surface area contributed by atoms with Crippen molar-refractivity contribution in [3.05, 3.63) is 47.2 Å². The summed E-state index contributed by atoms with van der Waals surface area (Å²) in [5.41, 5.74) is -0.176. The number of halogens is 3. The monoisotopic (exact) mass is 313 g/mol. The van der Waals surface area contributed by atoms with E-state index in [1.54, 1.807) is 19.9 Å². The van der Waals surface area contributed by atoms with Gasteiger partial charge in [0.1, 0.15) is 5.76 Å². The normalized spacial score (nSPS) is 12.8. The molecule has 0 saturated carbocycles. The number of carbonyl (C=O) groups is 1. The van der Waals surface area contributed by atoms with Crippen LogP contribution >= 0.6 is 0 Å². The molecule has 2 amide bonds. The van der Waals surface area contributed by atoms with Gasteiger partial charge in [-0.15, -0.1) is 0 Å². The van der Waals surface area contributed by atoms with Crippen molar-refractivity contribution in [2.45, 2.75) is 26.1 Å². The standard InChI is InChI=1S/C14H14F3N3O2/c1-8-7-12(20-22-8)19-13(21)18-9(2)10-3-5-11(6-4-10)14(15,16)17/h3-7,9H,1-2H3,(H2,18,19,20,21). The molecule has 0 bridgehead atoms. The summed E-state index contributed by atoms with van der Waals surface area (Å²) >= 11 is 0. The Bertz CT molecular complexity index is 650. The number of hydrogen-bond donors (Lipinski definition) is 2. The minimum atomic E-state index is -4.38. The molecule has 0 fully saturated rings. The maximum absolute atomic E-state index is 12.5. The SMILES string of the molecule is Cc1cc(NC(=O)NC(C)c2ccc(C(F)(F)F)cc2)no1. The summed E-state index contributed by atoms with van der Waals surface area (Å²) in [7, 11) is 0. The van der Waals surface area contributed by atoms with Gasteiger partial charge in [-0.2, -0.15) is 13.2 Å². The number of carbonyl (C=O) groups excluding carboxylic acids is 1. The Morgan fingerprint density at radius 1 is 1.27 bits per heavy atom. The van der Waals surface area contributed by atoms with Crippen molar-refractivity contribution < 1.29 is 22.5 Å². The first-order valence-corrected chi connectivity index (χ1v) is 6.43. The van der Waals surface area contributed by atoms with E-state index in [0.29, 0.717) is 11.3 Å². The first kappa shape index (κ1) is 15.9. The molecule has 0 saturated heterocycles. The van der Waals surface area contributed by atoms with E-state index >= 15 is 0 Å². The molecular weight excluding hydrogens is 299 g/mol. The van der Waals surface area contributed by atoms with Crippen molar-refractivity contribution >= 4 is 11.8 Å². The molecule has 0 spiro atoms. The highest BCUT2D eigenvalue weighted by atomic mass is 19.4. The Balaban J connectivity index is 1.96. The molecule has 1 unspecified atom stereocenters. The quantitative estimate of drug-likeness (QED) is 0.903. The Kier molecular flexibility index (Phi) is 4.39. The number of alkyl halides is 3. The molecule has 1 atom stereocenters. The minimum Gasteiger partial charge on any atom is -0.360 e. The molecule has 5 nitrogen and oxygen atoms in total. The lowest BCUT2D eigenvalue weighted by molar-refractivity contribution is -0.137. The number of urea groups is 1. The van der Waals surface area contributed by atoms with Crippen LogP contribution in [0.15, 0.2) is 34.9 Å². The Morgan fingerprint density at radius 3 is 2.41 bits per heavy atom. The van der Waals surface area contributed by atoms with Crippen LogP contribution in [0.3, 0.4) is 0 Å². The molecule has 2 rings (SSSR count). The number of amides is 2. The Morgan fingerprint density at radius 2 is 1.91 bits per heavy atom. The molecule has 0 radical (unpaired) electrons. The molecule has 0 aliphatic heterocycles. The van der Waals surface area contributed by atoms with Gasteiger partial charge in [0.05, 0.1) is 11.6 Å². The largest absolute Gasteiger partial charge is 0.416 e. The van der Waals surface area contributed by atoms with Crippen molar-refractivity contribution in [3.63, 3.8) is 0 Å². The summed E-state index contributed by atoms with van der Waals surface area (Å²) < 4.78 is 42.2. The first-order valence-electron chi connectivity index (χ1n) is 6.43. The topological polar surface area (TPSA) is 67.2 Å². The van der Waals surface area contributed by atoms with Gasteiger partial charge < -0.3 is 9.84 Å². The minimum absolute atomic E-state index is 0.259. The number of nitrogens with zero attached hydrogens (tertiary/aromatic N) is 1. The molecule has 118 valence electrons. The number of aryl methyl sites for hydroxylation is 1. The van der Waals surface area contributed by atoms with Crippen molar-refractivity contribution in [1.82, 2.24) is 10.5 Å². The van der Waals surface area contributed by atoms with Gasteiger partial charge in [0.25, 0.3) is 0 Å². The number of rotatable bonds is 3. The van der Waals surface area contributed by atoms with E-state index in [1.807, 2.05) is 0 Å². The summed E-state index contributed by atoms with van der Waals surface area (Å²) in [5, 5.41) is 8.67. The lowest BCUT2D eigenvalue weighted by Crippen LogP contribution is -2.31. The number of anilines is 1. The van der Waals surface area contributed by atoms with E-state index in [4.69, 9.17) is 4.52 Å². The van der Waals surface area contributed by atoms with Gasteiger partial charge in [0.2, 0.25) is 0 Å². The average Bonchev–Trinajstić information content (AvgIpc) is 2.83.